The van der Waals surface area contributed by atoms with Crippen LogP contribution in [0.3, 0.4) is 0 Å². The van der Waals surface area contributed by atoms with Crippen LogP contribution in [0.1, 0.15) is 11.1 Å². The second kappa shape index (κ2) is 12.9. The molecule has 0 aliphatic carbocycles. The molecule has 0 spiro atoms. The number of phenols is 2. The zero-order chi connectivity index (χ0) is 25.9. The van der Waals surface area contributed by atoms with Gasteiger partial charge in [0.15, 0.2) is 0 Å². The molecule has 0 aromatic heterocycles. The van der Waals surface area contributed by atoms with Gasteiger partial charge in [-0.3, -0.25) is 0 Å². The van der Waals surface area contributed by atoms with Crippen LogP contribution in [0, 0.1) is 0 Å². The number of fused-ring (bicyclic) bond motifs is 2. The van der Waals surface area contributed by atoms with Crippen molar-refractivity contribution in [2.24, 2.45) is 0 Å². The maximum absolute atomic E-state index is 10.3. The van der Waals surface area contributed by atoms with Crippen LogP contribution in [0.4, 0.5) is 0 Å². The number of hydrogen-bond acceptors (Lipinski definition) is 4. The van der Waals surface area contributed by atoms with E-state index in [-0.39, 0.29) is 11.5 Å². The minimum Gasteiger partial charge on any atom is -0.507 e. The molecule has 4 heteroatoms. The first kappa shape index (κ1) is 26.2. The first-order valence-electron chi connectivity index (χ1n) is 11.7. The molecule has 0 saturated heterocycles. The third kappa shape index (κ3) is 5.78. The smallest absolute Gasteiger partial charge is 0.127 e. The van der Waals surface area contributed by atoms with Crippen molar-refractivity contribution in [2.45, 2.75) is 12.8 Å². The summed E-state index contributed by atoms with van der Waals surface area (Å²) >= 11 is 0. The summed E-state index contributed by atoms with van der Waals surface area (Å²) in [4.78, 5) is 0. The van der Waals surface area contributed by atoms with Crippen molar-refractivity contribution < 1.29 is 19.7 Å². The molecule has 0 radical (unpaired) electrons. The van der Waals surface area contributed by atoms with E-state index in [1.54, 1.807) is 36.4 Å². The molecule has 0 amide bonds. The normalized spacial score (nSPS) is 10.2. The average molecular weight is 481 g/mol. The molecule has 2 N–H and O–H groups in total. The second-order valence-corrected chi connectivity index (χ2v) is 7.99. The van der Waals surface area contributed by atoms with Crippen LogP contribution < -0.4 is 9.47 Å². The van der Waals surface area contributed by atoms with Crippen molar-refractivity contribution in [3.8, 4) is 23.0 Å². The topological polar surface area (TPSA) is 58.9 Å². The molecule has 0 atom stereocenters. The number of rotatable bonds is 10. The fourth-order valence-electron chi connectivity index (χ4n) is 4.03. The summed E-state index contributed by atoms with van der Waals surface area (Å²) in [5.74, 6) is 2.13. The van der Waals surface area contributed by atoms with Crippen LogP contribution in [0.2, 0.25) is 0 Å². The number of phenolic OH excluding ortho intramolecular Hbond substituents is 2. The summed E-state index contributed by atoms with van der Waals surface area (Å²) in [6, 6.07) is 19.1. The molecule has 4 rings (SSSR count). The third-order valence-electron chi connectivity index (χ3n) is 5.63. The van der Waals surface area contributed by atoms with Crippen molar-refractivity contribution in [3.05, 3.63) is 122 Å². The van der Waals surface area contributed by atoms with Gasteiger partial charge in [0.1, 0.15) is 36.2 Å². The summed E-state index contributed by atoms with van der Waals surface area (Å²) < 4.78 is 11.3. The average Bonchev–Trinajstić information content (AvgIpc) is 2.92. The second-order valence-electron chi connectivity index (χ2n) is 7.99. The quantitative estimate of drug-likeness (QED) is 0.181. The molecule has 36 heavy (non-hydrogen) atoms. The molecule has 0 aliphatic rings. The molecule has 184 valence electrons. The monoisotopic (exact) mass is 480 g/mol. The van der Waals surface area contributed by atoms with Gasteiger partial charge in [0, 0.05) is 32.7 Å². The standard InChI is InChI=1S/2C16H16O2/c1-3-11-17-15-9-10-16(18-12-4-2)14-8-6-5-7-13(14)15;1-3-7-11-12(8-4-2)16(18)14-10-6-5-9-13(14)15(11)17/h3-10H,1-2,11-12H2;3-6,9-10,17-18H,1-2,7-8H2. The fourth-order valence-corrected chi connectivity index (χ4v) is 4.03. The SMILES string of the molecule is C=CCOc1ccc(OCC=C)c2ccccc12.C=CCc1c(CC=C)c(O)c2ccccc2c1O. The van der Waals surface area contributed by atoms with E-state index in [2.05, 4.69) is 26.3 Å². The van der Waals surface area contributed by atoms with E-state index in [1.807, 2.05) is 48.5 Å². The van der Waals surface area contributed by atoms with Gasteiger partial charge in [-0.1, -0.05) is 86.0 Å². The van der Waals surface area contributed by atoms with Crippen LogP contribution in [0.25, 0.3) is 21.5 Å². The Hall–Kier alpha value is -4.44. The molecular formula is C32H32O4. The Labute approximate surface area is 212 Å². The zero-order valence-electron chi connectivity index (χ0n) is 20.5. The molecule has 4 nitrogen and oxygen atoms in total. The molecule has 0 bridgehead atoms. The molecule has 0 heterocycles. The molecule has 0 unspecified atom stereocenters. The van der Waals surface area contributed by atoms with Gasteiger partial charge in [-0.25, -0.2) is 0 Å². The molecule has 0 fully saturated rings. The first-order chi connectivity index (χ1) is 17.6. The van der Waals surface area contributed by atoms with Gasteiger partial charge in [-0.2, -0.15) is 0 Å². The van der Waals surface area contributed by atoms with Crippen molar-refractivity contribution in [3.63, 3.8) is 0 Å². The lowest BCUT2D eigenvalue weighted by Crippen LogP contribution is -1.97. The van der Waals surface area contributed by atoms with E-state index < -0.39 is 0 Å². The Kier molecular flexibility index (Phi) is 9.35. The summed E-state index contributed by atoms with van der Waals surface area (Å²) in [5.41, 5.74) is 1.45. The minimum atomic E-state index is 0.222. The third-order valence-corrected chi connectivity index (χ3v) is 5.63. The van der Waals surface area contributed by atoms with Crippen LogP contribution >= 0.6 is 0 Å². The van der Waals surface area contributed by atoms with Gasteiger partial charge < -0.3 is 19.7 Å². The predicted molar refractivity (Wildman–Crippen MR) is 150 cm³/mol. The van der Waals surface area contributed by atoms with Crippen LogP contribution in [0.15, 0.2) is 111 Å². The summed E-state index contributed by atoms with van der Waals surface area (Å²) in [6.07, 6.45) is 7.94. The number of ether oxygens (including phenoxy) is 2. The maximum Gasteiger partial charge on any atom is 0.127 e. The van der Waals surface area contributed by atoms with Crippen molar-refractivity contribution in [1.29, 1.82) is 0 Å². The first-order valence-corrected chi connectivity index (χ1v) is 11.7. The van der Waals surface area contributed by atoms with Gasteiger partial charge in [-0.15, -0.1) is 13.2 Å². The molecular weight excluding hydrogens is 448 g/mol. The van der Waals surface area contributed by atoms with Crippen molar-refractivity contribution >= 4 is 21.5 Å². The lowest BCUT2D eigenvalue weighted by atomic mass is 9.94. The van der Waals surface area contributed by atoms with Gasteiger partial charge >= 0.3 is 0 Å². The van der Waals surface area contributed by atoms with E-state index in [1.165, 1.54) is 0 Å². The molecule has 4 aromatic carbocycles. The highest BCUT2D eigenvalue weighted by Crippen LogP contribution is 2.40. The zero-order valence-corrected chi connectivity index (χ0v) is 20.5. The molecule has 0 aliphatic heterocycles. The minimum absolute atomic E-state index is 0.222. The van der Waals surface area contributed by atoms with E-state index in [0.717, 1.165) is 33.4 Å². The highest BCUT2D eigenvalue weighted by Gasteiger charge is 2.16. The Morgan fingerprint density at radius 2 is 0.889 bits per heavy atom. The largest absolute Gasteiger partial charge is 0.507 e. The van der Waals surface area contributed by atoms with E-state index >= 15 is 0 Å². The number of hydrogen-bond donors (Lipinski definition) is 2. The Morgan fingerprint density at radius 1 is 0.528 bits per heavy atom. The summed E-state index contributed by atoms with van der Waals surface area (Å²) in [6.45, 7) is 15.7. The van der Waals surface area contributed by atoms with Crippen molar-refractivity contribution in [2.75, 3.05) is 13.2 Å². The van der Waals surface area contributed by atoms with E-state index in [0.29, 0.717) is 36.8 Å². The van der Waals surface area contributed by atoms with E-state index in [9.17, 15) is 10.2 Å². The van der Waals surface area contributed by atoms with Crippen molar-refractivity contribution in [1.82, 2.24) is 0 Å². The van der Waals surface area contributed by atoms with Crippen LogP contribution in [-0.4, -0.2) is 23.4 Å². The lowest BCUT2D eigenvalue weighted by molar-refractivity contribution is 0.359. The highest BCUT2D eigenvalue weighted by atomic mass is 16.5. The van der Waals surface area contributed by atoms with Crippen LogP contribution in [-0.2, 0) is 12.8 Å². The predicted octanol–water partition coefficient (Wildman–Crippen LogP) is 7.68. The van der Waals surface area contributed by atoms with Crippen LogP contribution in [0.5, 0.6) is 23.0 Å². The van der Waals surface area contributed by atoms with Gasteiger partial charge in [0.25, 0.3) is 0 Å². The number of benzene rings is 4. The maximum atomic E-state index is 10.3. The Bertz CT molecular complexity index is 1280. The van der Waals surface area contributed by atoms with Gasteiger partial charge in [0.2, 0.25) is 0 Å². The van der Waals surface area contributed by atoms with Gasteiger partial charge in [-0.05, 0) is 25.0 Å². The fraction of sp³-hybridized carbons (Fsp3) is 0.125. The lowest BCUT2D eigenvalue weighted by Gasteiger charge is -2.14. The number of allylic oxidation sites excluding steroid dienone is 2. The summed E-state index contributed by atoms with van der Waals surface area (Å²) in [5, 5.41) is 24.1. The number of aromatic hydroxyl groups is 2. The summed E-state index contributed by atoms with van der Waals surface area (Å²) in [7, 11) is 0. The highest BCUT2D eigenvalue weighted by molar-refractivity contribution is 5.95. The molecule has 4 aromatic rings. The Balaban J connectivity index is 0.000000201. The van der Waals surface area contributed by atoms with E-state index in [4.69, 9.17) is 9.47 Å². The molecule has 0 saturated carbocycles. The van der Waals surface area contributed by atoms with Gasteiger partial charge in [0.05, 0.1) is 0 Å². The Morgan fingerprint density at radius 3 is 1.22 bits per heavy atom.